The molecule has 0 saturated carbocycles. The molecule has 1 aromatic heterocycles. The van der Waals surface area contributed by atoms with E-state index in [-0.39, 0.29) is 5.69 Å². The highest BCUT2D eigenvalue weighted by atomic mass is 19.4. The summed E-state index contributed by atoms with van der Waals surface area (Å²) in [6.07, 6.45) is -3.86. The molecule has 0 saturated heterocycles. The molecule has 0 unspecified atom stereocenters. The number of carbonyl (C=O) groups excluding carboxylic acids is 1. The summed E-state index contributed by atoms with van der Waals surface area (Å²) >= 11 is 0. The van der Waals surface area contributed by atoms with Crippen LogP contribution in [0.25, 0.3) is 0 Å². The number of nitrogen functional groups attached to an aromatic ring is 1. The van der Waals surface area contributed by atoms with Crippen LogP contribution in [-0.4, -0.2) is 10.9 Å². The van der Waals surface area contributed by atoms with Crippen LogP contribution in [0, 0.1) is 0 Å². The van der Waals surface area contributed by atoms with Crippen molar-refractivity contribution < 1.29 is 18.0 Å². The quantitative estimate of drug-likeness (QED) is 0.832. The van der Waals surface area contributed by atoms with Crippen LogP contribution in [0.15, 0.2) is 42.6 Å². The van der Waals surface area contributed by atoms with E-state index < -0.39 is 17.6 Å². The zero-order valence-corrected chi connectivity index (χ0v) is 10.1. The van der Waals surface area contributed by atoms with E-state index in [1.54, 1.807) is 18.2 Å². The standard InChI is InChI=1S/C13H10F3N3O/c14-13(15,16)8-4-5-11(18-7-8)12(20)19-10-3-1-2-9(17)6-10/h1-7H,17H2,(H,19,20). The second-order valence-electron chi connectivity index (χ2n) is 4.01. The van der Waals surface area contributed by atoms with Gasteiger partial charge in [0.05, 0.1) is 5.56 Å². The lowest BCUT2D eigenvalue weighted by Crippen LogP contribution is -2.15. The summed E-state index contributed by atoms with van der Waals surface area (Å²) in [7, 11) is 0. The topological polar surface area (TPSA) is 68.0 Å². The normalized spacial score (nSPS) is 11.2. The molecule has 0 aliphatic rings. The van der Waals surface area contributed by atoms with Gasteiger partial charge in [-0.3, -0.25) is 9.78 Å². The number of halogens is 3. The lowest BCUT2D eigenvalue weighted by molar-refractivity contribution is -0.137. The van der Waals surface area contributed by atoms with Crippen LogP contribution in [0.2, 0.25) is 0 Å². The highest BCUT2D eigenvalue weighted by Crippen LogP contribution is 2.28. The van der Waals surface area contributed by atoms with Crippen LogP contribution in [0.1, 0.15) is 16.1 Å². The molecular formula is C13H10F3N3O. The first-order valence-corrected chi connectivity index (χ1v) is 5.56. The van der Waals surface area contributed by atoms with E-state index in [4.69, 9.17) is 5.73 Å². The fraction of sp³-hybridized carbons (Fsp3) is 0.0769. The van der Waals surface area contributed by atoms with Gasteiger partial charge in [-0.15, -0.1) is 0 Å². The molecule has 20 heavy (non-hydrogen) atoms. The highest BCUT2D eigenvalue weighted by Gasteiger charge is 2.30. The van der Waals surface area contributed by atoms with Gasteiger partial charge in [0.1, 0.15) is 5.69 Å². The average Bonchev–Trinajstić information content (AvgIpc) is 2.38. The number of pyridine rings is 1. The number of hydrogen-bond donors (Lipinski definition) is 2. The monoisotopic (exact) mass is 281 g/mol. The van der Waals surface area contributed by atoms with Crippen molar-refractivity contribution in [2.75, 3.05) is 11.1 Å². The summed E-state index contributed by atoms with van der Waals surface area (Å²) in [5, 5.41) is 2.49. The summed E-state index contributed by atoms with van der Waals surface area (Å²) in [6, 6.07) is 8.25. The van der Waals surface area contributed by atoms with E-state index in [0.717, 1.165) is 12.1 Å². The summed E-state index contributed by atoms with van der Waals surface area (Å²) < 4.78 is 37.1. The number of amides is 1. The predicted octanol–water partition coefficient (Wildman–Crippen LogP) is 2.93. The first kappa shape index (κ1) is 13.9. The van der Waals surface area contributed by atoms with Gasteiger partial charge in [0.25, 0.3) is 5.91 Å². The van der Waals surface area contributed by atoms with Crippen molar-refractivity contribution in [3.63, 3.8) is 0 Å². The highest BCUT2D eigenvalue weighted by molar-refractivity contribution is 6.03. The minimum absolute atomic E-state index is 0.111. The van der Waals surface area contributed by atoms with Crippen LogP contribution in [0.4, 0.5) is 24.5 Å². The van der Waals surface area contributed by atoms with E-state index in [1.165, 1.54) is 6.07 Å². The van der Waals surface area contributed by atoms with Crippen molar-refractivity contribution in [2.24, 2.45) is 0 Å². The number of rotatable bonds is 2. The second-order valence-corrected chi connectivity index (χ2v) is 4.01. The molecule has 1 heterocycles. The summed E-state index contributed by atoms with van der Waals surface area (Å²) in [4.78, 5) is 15.3. The number of carbonyl (C=O) groups is 1. The molecule has 7 heteroatoms. The first-order valence-electron chi connectivity index (χ1n) is 5.56. The Bertz CT molecular complexity index is 624. The summed E-state index contributed by atoms with van der Waals surface area (Å²) in [6.45, 7) is 0. The molecule has 1 amide bonds. The van der Waals surface area contributed by atoms with E-state index in [1.807, 2.05) is 0 Å². The van der Waals surface area contributed by atoms with Crippen molar-refractivity contribution in [3.05, 3.63) is 53.9 Å². The molecule has 0 bridgehead atoms. The first-order chi connectivity index (χ1) is 9.36. The predicted molar refractivity (Wildman–Crippen MR) is 68.0 cm³/mol. The van der Waals surface area contributed by atoms with E-state index in [9.17, 15) is 18.0 Å². The van der Waals surface area contributed by atoms with Gasteiger partial charge in [-0.05, 0) is 30.3 Å². The molecule has 0 fully saturated rings. The number of anilines is 2. The van der Waals surface area contributed by atoms with Gasteiger partial charge in [0.2, 0.25) is 0 Å². The van der Waals surface area contributed by atoms with Crippen LogP contribution in [0.3, 0.4) is 0 Å². The van der Waals surface area contributed by atoms with Gasteiger partial charge < -0.3 is 11.1 Å². The molecule has 2 aromatic rings. The fourth-order valence-electron chi connectivity index (χ4n) is 1.51. The number of benzene rings is 1. The largest absolute Gasteiger partial charge is 0.417 e. The van der Waals surface area contributed by atoms with E-state index >= 15 is 0 Å². The van der Waals surface area contributed by atoms with Gasteiger partial charge in [0, 0.05) is 17.6 Å². The lowest BCUT2D eigenvalue weighted by Gasteiger charge is -2.08. The van der Waals surface area contributed by atoms with Crippen molar-refractivity contribution in [1.82, 2.24) is 4.98 Å². The number of alkyl halides is 3. The number of nitrogens with one attached hydrogen (secondary N) is 1. The Hall–Kier alpha value is -2.57. The Labute approximate surface area is 112 Å². The van der Waals surface area contributed by atoms with Crippen molar-refractivity contribution in [1.29, 1.82) is 0 Å². The molecule has 3 N–H and O–H groups in total. The van der Waals surface area contributed by atoms with Crippen LogP contribution in [-0.2, 0) is 6.18 Å². The maximum absolute atomic E-state index is 12.4. The number of hydrogen-bond acceptors (Lipinski definition) is 3. The van der Waals surface area contributed by atoms with E-state index in [0.29, 0.717) is 17.6 Å². The Kier molecular flexibility index (Phi) is 3.60. The van der Waals surface area contributed by atoms with Crippen molar-refractivity contribution in [3.8, 4) is 0 Å². The van der Waals surface area contributed by atoms with Crippen LogP contribution < -0.4 is 11.1 Å². The Balaban J connectivity index is 2.14. The molecule has 0 spiro atoms. The number of nitrogens with zero attached hydrogens (tertiary/aromatic N) is 1. The van der Waals surface area contributed by atoms with Crippen LogP contribution >= 0.6 is 0 Å². The zero-order valence-electron chi connectivity index (χ0n) is 10.1. The Morgan fingerprint density at radius 1 is 1.20 bits per heavy atom. The SMILES string of the molecule is Nc1cccc(NC(=O)c2ccc(C(F)(F)F)cn2)c1. The molecule has 2 rings (SSSR count). The molecule has 0 aliphatic carbocycles. The third-order valence-corrected chi connectivity index (χ3v) is 2.47. The Morgan fingerprint density at radius 2 is 1.95 bits per heavy atom. The van der Waals surface area contributed by atoms with Crippen molar-refractivity contribution in [2.45, 2.75) is 6.18 Å². The lowest BCUT2D eigenvalue weighted by atomic mass is 10.2. The maximum Gasteiger partial charge on any atom is 0.417 e. The smallest absolute Gasteiger partial charge is 0.399 e. The molecule has 4 nitrogen and oxygen atoms in total. The van der Waals surface area contributed by atoms with Crippen LogP contribution in [0.5, 0.6) is 0 Å². The molecule has 104 valence electrons. The minimum Gasteiger partial charge on any atom is -0.399 e. The number of nitrogens with two attached hydrogens (primary N) is 1. The maximum atomic E-state index is 12.4. The third kappa shape index (κ3) is 3.25. The van der Waals surface area contributed by atoms with Gasteiger partial charge in [-0.25, -0.2) is 0 Å². The summed E-state index contributed by atoms with van der Waals surface area (Å²) in [5.74, 6) is -0.607. The molecule has 0 aliphatic heterocycles. The molecule has 0 atom stereocenters. The third-order valence-electron chi connectivity index (χ3n) is 2.47. The summed E-state index contributed by atoms with van der Waals surface area (Å²) in [5.41, 5.74) is 5.44. The van der Waals surface area contributed by atoms with Crippen molar-refractivity contribution >= 4 is 17.3 Å². The minimum atomic E-state index is -4.48. The second kappa shape index (κ2) is 5.20. The van der Waals surface area contributed by atoms with Gasteiger partial charge in [0.15, 0.2) is 0 Å². The van der Waals surface area contributed by atoms with E-state index in [2.05, 4.69) is 10.3 Å². The fourth-order valence-corrected chi connectivity index (χ4v) is 1.51. The zero-order chi connectivity index (χ0) is 14.8. The van der Waals surface area contributed by atoms with Gasteiger partial charge >= 0.3 is 6.18 Å². The average molecular weight is 281 g/mol. The molecule has 1 aromatic carbocycles. The van der Waals surface area contributed by atoms with Gasteiger partial charge in [-0.2, -0.15) is 13.2 Å². The molecule has 0 radical (unpaired) electrons. The molecular weight excluding hydrogens is 271 g/mol. The van der Waals surface area contributed by atoms with Gasteiger partial charge in [-0.1, -0.05) is 6.07 Å². The Morgan fingerprint density at radius 3 is 2.50 bits per heavy atom. The number of aromatic nitrogens is 1.